The van der Waals surface area contributed by atoms with E-state index in [9.17, 15) is 0 Å². The normalized spacial score (nSPS) is 33.9. The first-order chi connectivity index (χ1) is 15.7. The first-order valence-corrected chi connectivity index (χ1v) is 11.8. The van der Waals surface area contributed by atoms with Crippen LogP contribution in [-0.4, -0.2) is 19.1 Å². The second-order valence-corrected chi connectivity index (χ2v) is 9.65. The second-order valence-electron chi connectivity index (χ2n) is 9.65. The first-order valence-electron chi connectivity index (χ1n) is 11.8. The van der Waals surface area contributed by atoms with E-state index in [1.165, 1.54) is 32.1 Å². The highest BCUT2D eigenvalue weighted by atomic mass is 16.7. The van der Waals surface area contributed by atoms with E-state index in [1.54, 1.807) is 7.11 Å². The third-order valence-corrected chi connectivity index (χ3v) is 7.69. The van der Waals surface area contributed by atoms with Gasteiger partial charge < -0.3 is 14.2 Å². The van der Waals surface area contributed by atoms with Gasteiger partial charge in [0, 0.05) is 29.7 Å². The molecule has 164 valence electrons. The third-order valence-electron chi connectivity index (χ3n) is 7.69. The van der Waals surface area contributed by atoms with Crippen LogP contribution in [0.5, 0.6) is 5.75 Å². The van der Waals surface area contributed by atoms with Crippen LogP contribution in [0.25, 0.3) is 5.76 Å². The van der Waals surface area contributed by atoms with Crippen molar-refractivity contribution in [3.8, 4) is 5.75 Å². The molecule has 4 bridgehead atoms. The van der Waals surface area contributed by atoms with Gasteiger partial charge in [-0.05, 0) is 74.3 Å². The molecule has 1 heterocycles. The molecule has 0 saturated heterocycles. The standard InChI is InChI=1S/C28H29NO3/c1-30-25-9-7-24(8-10-25)29-12-11-26-18-27(21-5-3-2-4-6-21)32-28(31-26)22-14-19-13-20(16-22)17-23(28)15-19/h2-12,18-20,22-23H,13-17H2,1H3/b26-11-,29-12?. The highest BCUT2D eigenvalue weighted by Gasteiger charge is 2.62. The lowest BCUT2D eigenvalue weighted by Crippen LogP contribution is -2.60. The van der Waals surface area contributed by atoms with Crippen molar-refractivity contribution in [1.29, 1.82) is 0 Å². The van der Waals surface area contributed by atoms with Crippen molar-refractivity contribution in [2.45, 2.75) is 37.9 Å². The molecule has 5 aliphatic rings. The predicted molar refractivity (Wildman–Crippen MR) is 126 cm³/mol. The summed E-state index contributed by atoms with van der Waals surface area (Å²) in [7, 11) is 1.67. The molecule has 0 aromatic heterocycles. The Kier molecular flexibility index (Phi) is 4.82. The average Bonchev–Trinajstić information content (AvgIpc) is 2.83. The fraction of sp³-hybridized carbons (Fsp3) is 0.393. The summed E-state index contributed by atoms with van der Waals surface area (Å²) >= 11 is 0. The number of aliphatic imine (C=N–C) groups is 1. The van der Waals surface area contributed by atoms with E-state index < -0.39 is 5.79 Å². The minimum Gasteiger partial charge on any atom is -0.497 e. The monoisotopic (exact) mass is 427 g/mol. The average molecular weight is 428 g/mol. The molecule has 4 heteroatoms. The molecular formula is C28H29NO3. The maximum atomic E-state index is 6.80. The zero-order valence-corrected chi connectivity index (χ0v) is 18.4. The zero-order chi connectivity index (χ0) is 21.5. The summed E-state index contributed by atoms with van der Waals surface area (Å²) in [6.07, 6.45) is 12.1. The zero-order valence-electron chi connectivity index (χ0n) is 18.4. The quantitative estimate of drug-likeness (QED) is 0.521. The molecule has 4 fully saturated rings. The molecular weight excluding hydrogens is 398 g/mol. The smallest absolute Gasteiger partial charge is 0.256 e. The van der Waals surface area contributed by atoms with Crippen molar-refractivity contribution >= 4 is 17.7 Å². The Morgan fingerprint density at radius 1 is 0.875 bits per heavy atom. The van der Waals surface area contributed by atoms with Crippen LogP contribution in [0.2, 0.25) is 0 Å². The lowest BCUT2D eigenvalue weighted by Gasteiger charge is -2.60. The molecule has 0 amide bonds. The topological polar surface area (TPSA) is 40.0 Å². The molecule has 32 heavy (non-hydrogen) atoms. The number of benzene rings is 2. The molecule has 0 radical (unpaired) electrons. The summed E-state index contributed by atoms with van der Waals surface area (Å²) in [5, 5.41) is 0. The highest BCUT2D eigenvalue weighted by Crippen LogP contribution is 2.62. The largest absolute Gasteiger partial charge is 0.497 e. The maximum Gasteiger partial charge on any atom is 0.256 e. The van der Waals surface area contributed by atoms with Gasteiger partial charge in [0.05, 0.1) is 12.8 Å². The van der Waals surface area contributed by atoms with Crippen LogP contribution >= 0.6 is 0 Å². The highest BCUT2D eigenvalue weighted by molar-refractivity contribution is 5.77. The lowest BCUT2D eigenvalue weighted by atomic mass is 9.53. The summed E-state index contributed by atoms with van der Waals surface area (Å²) in [4.78, 5) is 4.59. The first kappa shape index (κ1) is 19.7. The molecule has 0 N–H and O–H groups in total. The van der Waals surface area contributed by atoms with E-state index >= 15 is 0 Å². The van der Waals surface area contributed by atoms with Gasteiger partial charge in [-0.3, -0.25) is 4.99 Å². The van der Waals surface area contributed by atoms with Crippen molar-refractivity contribution in [2.24, 2.45) is 28.7 Å². The molecule has 1 aliphatic heterocycles. The van der Waals surface area contributed by atoms with Crippen molar-refractivity contribution in [3.63, 3.8) is 0 Å². The number of nitrogens with zero attached hydrogens (tertiary/aromatic N) is 1. The summed E-state index contributed by atoms with van der Waals surface area (Å²) in [5.74, 6) is 4.67. The van der Waals surface area contributed by atoms with Gasteiger partial charge in [0.2, 0.25) is 0 Å². The summed E-state index contributed by atoms with van der Waals surface area (Å²) in [5.41, 5.74) is 1.98. The van der Waals surface area contributed by atoms with Crippen molar-refractivity contribution in [2.75, 3.05) is 7.11 Å². The second kappa shape index (κ2) is 7.84. The van der Waals surface area contributed by atoms with Crippen LogP contribution in [0.1, 0.15) is 37.7 Å². The molecule has 4 nitrogen and oxygen atoms in total. The van der Waals surface area contributed by atoms with Crippen LogP contribution in [0.3, 0.4) is 0 Å². The lowest BCUT2D eigenvalue weighted by molar-refractivity contribution is -0.300. The molecule has 7 rings (SSSR count). The Hall–Kier alpha value is -3.01. The maximum absolute atomic E-state index is 6.80. The summed E-state index contributed by atoms with van der Waals surface area (Å²) < 4.78 is 18.8. The minimum absolute atomic E-state index is 0.466. The Balaban J connectivity index is 1.33. The molecule has 0 unspecified atom stereocenters. The number of rotatable bonds is 4. The van der Waals surface area contributed by atoms with Gasteiger partial charge in [0.15, 0.2) is 0 Å². The molecule has 0 atom stereocenters. The number of hydrogen-bond donors (Lipinski definition) is 0. The van der Waals surface area contributed by atoms with E-state index in [0.29, 0.717) is 11.8 Å². The van der Waals surface area contributed by atoms with Crippen LogP contribution in [0.4, 0.5) is 5.69 Å². The Labute approximate surface area is 189 Å². The van der Waals surface area contributed by atoms with Crippen molar-refractivity contribution in [1.82, 2.24) is 0 Å². The van der Waals surface area contributed by atoms with Gasteiger partial charge in [0.1, 0.15) is 17.3 Å². The molecule has 2 aromatic rings. The van der Waals surface area contributed by atoms with Gasteiger partial charge in [-0.15, -0.1) is 0 Å². The fourth-order valence-electron chi connectivity index (χ4n) is 6.43. The van der Waals surface area contributed by atoms with E-state index in [2.05, 4.69) is 29.3 Å². The Bertz CT molecular complexity index is 1040. The van der Waals surface area contributed by atoms with Crippen LogP contribution < -0.4 is 4.74 Å². The SMILES string of the molecule is COc1ccc(N=C/C=C2/C=C(c3ccccc3)OC3(O2)C2CC4CC(C2)CC3C4)cc1. The predicted octanol–water partition coefficient (Wildman–Crippen LogP) is 6.52. The number of ether oxygens (including phenoxy) is 3. The number of methoxy groups -OCH3 is 1. The van der Waals surface area contributed by atoms with Crippen molar-refractivity contribution < 1.29 is 14.2 Å². The summed E-state index contributed by atoms with van der Waals surface area (Å²) in [6, 6.07) is 18.1. The summed E-state index contributed by atoms with van der Waals surface area (Å²) in [6.45, 7) is 0. The van der Waals surface area contributed by atoms with Gasteiger partial charge in [-0.1, -0.05) is 30.3 Å². The van der Waals surface area contributed by atoms with Gasteiger partial charge >= 0.3 is 0 Å². The Morgan fingerprint density at radius 3 is 2.22 bits per heavy atom. The van der Waals surface area contributed by atoms with E-state index in [4.69, 9.17) is 14.2 Å². The van der Waals surface area contributed by atoms with E-state index in [-0.39, 0.29) is 0 Å². The van der Waals surface area contributed by atoms with Gasteiger partial charge in [0.25, 0.3) is 5.79 Å². The van der Waals surface area contributed by atoms with E-state index in [1.807, 2.05) is 48.7 Å². The van der Waals surface area contributed by atoms with Gasteiger partial charge in [-0.25, -0.2) is 0 Å². The fourth-order valence-corrected chi connectivity index (χ4v) is 6.43. The third kappa shape index (κ3) is 3.42. The molecule has 2 aromatic carbocycles. The van der Waals surface area contributed by atoms with Crippen molar-refractivity contribution in [3.05, 3.63) is 78.1 Å². The van der Waals surface area contributed by atoms with E-state index in [0.717, 1.165) is 40.4 Å². The van der Waals surface area contributed by atoms with Crippen LogP contribution in [0, 0.1) is 23.7 Å². The molecule has 4 aliphatic carbocycles. The Morgan fingerprint density at radius 2 is 1.56 bits per heavy atom. The van der Waals surface area contributed by atoms with Crippen LogP contribution in [0.15, 0.2) is 77.5 Å². The molecule has 1 spiro atoms. The van der Waals surface area contributed by atoms with Gasteiger partial charge in [-0.2, -0.15) is 0 Å². The number of allylic oxidation sites excluding steroid dienone is 2. The van der Waals surface area contributed by atoms with Crippen LogP contribution in [-0.2, 0) is 9.47 Å². The molecule has 4 saturated carbocycles. The number of hydrogen-bond acceptors (Lipinski definition) is 4. The minimum atomic E-state index is -0.535.